The van der Waals surface area contributed by atoms with E-state index in [0.717, 1.165) is 21.4 Å². The number of carbonyl (C=O) groups is 6. The first-order valence-corrected chi connectivity index (χ1v) is 21.6. The summed E-state index contributed by atoms with van der Waals surface area (Å²) < 4.78 is 26.8. The van der Waals surface area contributed by atoms with Gasteiger partial charge in [0, 0.05) is 73.0 Å². The average Bonchev–Trinajstić information content (AvgIpc) is 3.78. The zero-order valence-corrected chi connectivity index (χ0v) is 38.1. The number of ether oxygens (including phenoxy) is 4. The van der Waals surface area contributed by atoms with Gasteiger partial charge in [0.2, 0.25) is 17.7 Å². The number of nitrogens with one attached hydrogen (secondary N) is 4. The molecule has 18 nitrogen and oxygen atoms in total. The number of imide groups is 2. The third kappa shape index (κ3) is 8.96. The van der Waals surface area contributed by atoms with Crippen LogP contribution in [0.25, 0.3) is 22.0 Å². The third-order valence-corrected chi connectivity index (χ3v) is 12.9. The van der Waals surface area contributed by atoms with Gasteiger partial charge in [-0.05, 0) is 55.2 Å². The van der Waals surface area contributed by atoms with Gasteiger partial charge >= 0.3 is 0 Å². The molecule has 2 aromatic carbocycles. The van der Waals surface area contributed by atoms with Crippen LogP contribution in [0.4, 0.5) is 5.69 Å². The summed E-state index contributed by atoms with van der Waals surface area (Å²) in [6.07, 6.45) is 4.53. The van der Waals surface area contributed by atoms with Crippen LogP contribution >= 0.6 is 0 Å². The van der Waals surface area contributed by atoms with Crippen LogP contribution in [0.2, 0.25) is 0 Å². The number of rotatable bonds is 20. The van der Waals surface area contributed by atoms with E-state index in [-0.39, 0.29) is 61.1 Å². The fraction of sp³-hybridized carbons (Fsp3) is 0.468. The average molecular weight is 896 g/mol. The van der Waals surface area contributed by atoms with Crippen LogP contribution in [0.5, 0.6) is 11.5 Å². The molecule has 1 aliphatic carbocycles. The van der Waals surface area contributed by atoms with Crippen LogP contribution < -0.4 is 36.3 Å². The van der Waals surface area contributed by atoms with E-state index in [1.807, 2.05) is 59.1 Å². The Labute approximate surface area is 376 Å². The summed E-state index contributed by atoms with van der Waals surface area (Å²) in [4.78, 5) is 91.6. The van der Waals surface area contributed by atoms with Gasteiger partial charge in [-0.1, -0.05) is 33.8 Å². The minimum atomic E-state index is -1.39. The summed E-state index contributed by atoms with van der Waals surface area (Å²) >= 11 is 0. The van der Waals surface area contributed by atoms with Crippen molar-refractivity contribution in [3.63, 3.8) is 0 Å². The number of anilines is 1. The van der Waals surface area contributed by atoms with Gasteiger partial charge in [-0.25, -0.2) is 0 Å². The molecule has 3 fully saturated rings. The van der Waals surface area contributed by atoms with E-state index in [1.165, 1.54) is 6.07 Å². The fourth-order valence-corrected chi connectivity index (χ4v) is 8.66. The molecule has 4 aliphatic rings. The van der Waals surface area contributed by atoms with E-state index >= 15 is 0 Å². The lowest BCUT2D eigenvalue weighted by Crippen LogP contribution is -2.74. The number of pyridine rings is 1. The molecule has 2 aromatic heterocycles. The predicted octanol–water partition coefficient (Wildman–Crippen LogP) is 3.28. The number of nitrogens with zero attached hydrogens (tertiary/aromatic N) is 3. The number of piperidine rings is 2. The molecular formula is C47H57N7O11. The molecular weight excluding hydrogens is 839 g/mol. The maximum Gasteiger partial charge on any atom is 0.274 e. The van der Waals surface area contributed by atoms with Crippen molar-refractivity contribution in [3.8, 4) is 22.6 Å². The Morgan fingerprint density at radius 1 is 0.862 bits per heavy atom. The first-order chi connectivity index (χ1) is 30.9. The number of carbonyl (C=O) groups excluding carboxylic acids is 6. The van der Waals surface area contributed by atoms with Gasteiger partial charge in [-0.2, -0.15) is 0 Å². The summed E-state index contributed by atoms with van der Waals surface area (Å²) in [5.74, 6) is -2.34. The molecule has 5 heterocycles. The van der Waals surface area contributed by atoms with Gasteiger partial charge in [0.1, 0.15) is 29.2 Å². The molecule has 6 amide bonds. The van der Waals surface area contributed by atoms with Crippen LogP contribution in [0.1, 0.15) is 73.2 Å². The molecule has 8 rings (SSSR count). The zero-order chi connectivity index (χ0) is 47.0. The van der Waals surface area contributed by atoms with Gasteiger partial charge in [-0.3, -0.25) is 43.8 Å². The minimum Gasteiger partial charge on any atom is -0.496 e. The lowest BCUT2D eigenvalue weighted by Gasteiger charge is -2.52. The van der Waals surface area contributed by atoms with Gasteiger partial charge in [-0.15, -0.1) is 0 Å². The number of benzene rings is 2. The summed E-state index contributed by atoms with van der Waals surface area (Å²) in [5.41, 5.74) is 0.992. The number of amides is 6. The van der Waals surface area contributed by atoms with Crippen molar-refractivity contribution >= 4 is 52.0 Å². The molecule has 2 saturated heterocycles. The lowest BCUT2D eigenvalue weighted by molar-refractivity contribution is -0.158. The minimum absolute atomic E-state index is 0.0451. The number of aryl methyl sites for hydroxylation is 2. The SMILES string of the molecule is CC[C@](C)(CNC(=O)CNc1cccc2c1C(=O)N(C13CC(C1)C(=O)NC3=O)C2=O)COCC(C)(C)CNC(=O)COCc1c(OC)cc(-c2cn(C)c(=O)c3c2ccn3C)cc1OC. The maximum atomic E-state index is 13.6. The Kier molecular flexibility index (Phi) is 13.0. The van der Waals surface area contributed by atoms with Gasteiger partial charge in [0.05, 0.1) is 57.3 Å². The van der Waals surface area contributed by atoms with E-state index in [4.69, 9.17) is 18.9 Å². The Hall–Kier alpha value is -6.53. The first kappa shape index (κ1) is 46.5. The van der Waals surface area contributed by atoms with Crippen molar-refractivity contribution in [3.05, 3.63) is 75.8 Å². The number of hydrogen-bond donors (Lipinski definition) is 4. The molecule has 4 N–H and O–H groups in total. The predicted molar refractivity (Wildman–Crippen MR) is 239 cm³/mol. The maximum absolute atomic E-state index is 13.6. The molecule has 1 saturated carbocycles. The van der Waals surface area contributed by atoms with Crippen LogP contribution in [0.15, 0.2) is 53.6 Å². The Morgan fingerprint density at radius 2 is 1.55 bits per heavy atom. The second kappa shape index (κ2) is 18.2. The van der Waals surface area contributed by atoms with Crippen molar-refractivity contribution in [2.24, 2.45) is 30.8 Å². The van der Waals surface area contributed by atoms with Crippen molar-refractivity contribution in [1.82, 2.24) is 30.0 Å². The van der Waals surface area contributed by atoms with Crippen LogP contribution in [-0.2, 0) is 49.4 Å². The normalized spacial score (nSPS) is 18.8. The quantitative estimate of drug-likeness (QED) is 0.0941. The molecule has 3 aliphatic heterocycles. The highest BCUT2D eigenvalue weighted by molar-refractivity contribution is 6.27. The molecule has 0 spiro atoms. The summed E-state index contributed by atoms with van der Waals surface area (Å²) in [6, 6.07) is 10.3. The smallest absolute Gasteiger partial charge is 0.274 e. The molecule has 4 aromatic rings. The molecule has 2 bridgehead atoms. The highest BCUT2D eigenvalue weighted by Gasteiger charge is 2.65. The van der Waals surface area contributed by atoms with Crippen molar-refractivity contribution < 1.29 is 47.7 Å². The van der Waals surface area contributed by atoms with Gasteiger partial charge in [0.15, 0.2) is 0 Å². The monoisotopic (exact) mass is 895 g/mol. The second-order valence-corrected chi connectivity index (χ2v) is 18.4. The van der Waals surface area contributed by atoms with Crippen LogP contribution in [0, 0.1) is 16.7 Å². The number of methoxy groups -OCH3 is 2. The standard InChI is InChI=1S/C47H57N7O11/c1-9-46(4,24-50-36(55)19-48-33-12-10-11-30-38(33)42(59)54(41(30)58)47-17-28(18-47)40(57)51-44(47)61)26-65-25-45(2,3)23-49-37(56)22-64-21-32-34(62-7)15-27(16-35(32)63-8)31-20-53(6)43(60)39-29(31)13-14-52(39)5/h10-16,20,28,48H,9,17-19,21-26H2,1-8H3,(H,49,56)(H,50,55)(H,51,57,61)/t28?,46-,47?/m1/s1. The number of fused-ring (bicyclic) bond motifs is 4. The Morgan fingerprint density at radius 3 is 2.22 bits per heavy atom. The largest absolute Gasteiger partial charge is 0.496 e. The zero-order valence-electron chi connectivity index (χ0n) is 38.1. The second-order valence-electron chi connectivity index (χ2n) is 18.4. The highest BCUT2D eigenvalue weighted by Crippen LogP contribution is 2.49. The highest BCUT2D eigenvalue weighted by atomic mass is 16.5. The molecule has 0 unspecified atom stereocenters. The third-order valence-electron chi connectivity index (χ3n) is 12.9. The summed E-state index contributed by atoms with van der Waals surface area (Å²) in [6.45, 7) is 8.89. The van der Waals surface area contributed by atoms with Gasteiger partial charge in [0.25, 0.3) is 23.3 Å². The van der Waals surface area contributed by atoms with Crippen molar-refractivity contribution in [2.45, 2.75) is 59.1 Å². The molecule has 65 heavy (non-hydrogen) atoms. The van der Waals surface area contributed by atoms with E-state index < -0.39 is 45.9 Å². The number of aromatic nitrogens is 2. The van der Waals surface area contributed by atoms with E-state index in [1.54, 1.807) is 48.7 Å². The molecule has 1 atom stereocenters. The first-order valence-electron chi connectivity index (χ1n) is 21.6. The molecule has 346 valence electrons. The van der Waals surface area contributed by atoms with Gasteiger partial charge < -0.3 is 44.0 Å². The van der Waals surface area contributed by atoms with E-state index in [0.29, 0.717) is 61.0 Å². The topological polar surface area (TPSA) is 218 Å². The van der Waals surface area contributed by atoms with Crippen molar-refractivity contribution in [2.75, 3.05) is 59.0 Å². The molecule has 0 radical (unpaired) electrons. The van der Waals surface area contributed by atoms with E-state index in [2.05, 4.69) is 21.3 Å². The lowest BCUT2D eigenvalue weighted by atomic mass is 9.63. The fourth-order valence-electron chi connectivity index (χ4n) is 8.66. The summed E-state index contributed by atoms with van der Waals surface area (Å²) in [5, 5.41) is 11.9. The number of hydrogen-bond acceptors (Lipinski definition) is 12. The molecule has 18 heteroatoms. The van der Waals surface area contributed by atoms with Crippen LogP contribution in [0.3, 0.4) is 0 Å². The van der Waals surface area contributed by atoms with E-state index in [9.17, 15) is 33.6 Å². The Balaban J connectivity index is 0.852. The van der Waals surface area contributed by atoms with Crippen LogP contribution in [-0.4, -0.2) is 109 Å². The van der Waals surface area contributed by atoms with Crippen molar-refractivity contribution in [1.29, 1.82) is 0 Å². The Bertz CT molecular complexity index is 2620. The summed E-state index contributed by atoms with van der Waals surface area (Å²) in [7, 11) is 6.64.